The van der Waals surface area contributed by atoms with E-state index in [0.29, 0.717) is 36.8 Å². The molecule has 6 heteroatoms. The maximum absolute atomic E-state index is 13.1. The van der Waals surface area contributed by atoms with Crippen LogP contribution >= 0.6 is 11.6 Å². The largest absolute Gasteiger partial charge is 0.336 e. The molecule has 25 heavy (non-hydrogen) atoms. The molecule has 0 saturated carbocycles. The van der Waals surface area contributed by atoms with Crippen LogP contribution in [-0.4, -0.2) is 41.9 Å². The molecule has 1 fully saturated rings. The summed E-state index contributed by atoms with van der Waals surface area (Å²) in [5, 5.41) is 10.1. The molecule has 0 radical (unpaired) electrons. The Kier molecular flexibility index (Phi) is 5.32. The first-order valence-electron chi connectivity index (χ1n) is 8.02. The molecule has 1 aliphatic heterocycles. The highest BCUT2D eigenvalue weighted by Gasteiger charge is 2.27. The number of hydrogen-bond donors (Lipinski definition) is 0. The van der Waals surface area contributed by atoms with Crippen LogP contribution in [-0.2, 0) is 0 Å². The van der Waals surface area contributed by atoms with Gasteiger partial charge in [0.2, 0.25) is 0 Å². The van der Waals surface area contributed by atoms with E-state index >= 15 is 0 Å². The normalized spacial score (nSPS) is 16.3. The minimum atomic E-state index is -0.437. The fourth-order valence-corrected chi connectivity index (χ4v) is 3.10. The van der Waals surface area contributed by atoms with Crippen LogP contribution in [0.3, 0.4) is 0 Å². The molecule has 1 aliphatic rings. The quantitative estimate of drug-likeness (QED) is 0.844. The van der Waals surface area contributed by atoms with E-state index in [9.17, 15) is 14.4 Å². The van der Waals surface area contributed by atoms with Gasteiger partial charge in [-0.2, -0.15) is 5.26 Å². The van der Waals surface area contributed by atoms with E-state index in [1.54, 1.807) is 41.3 Å². The summed E-state index contributed by atoms with van der Waals surface area (Å²) in [5.74, 6) is -0.356. The lowest BCUT2D eigenvalue weighted by Crippen LogP contribution is -2.49. The lowest BCUT2D eigenvalue weighted by Gasteiger charge is -2.37. The monoisotopic (exact) mass is 357 g/mol. The summed E-state index contributed by atoms with van der Waals surface area (Å²) >= 11 is 5.85. The van der Waals surface area contributed by atoms with Crippen molar-refractivity contribution < 1.29 is 9.18 Å². The molecular weight excluding hydrogens is 341 g/mol. The molecule has 0 aliphatic carbocycles. The van der Waals surface area contributed by atoms with Gasteiger partial charge >= 0.3 is 0 Å². The van der Waals surface area contributed by atoms with Gasteiger partial charge in [-0.05, 0) is 42.0 Å². The number of piperazine rings is 1. The molecule has 4 nitrogen and oxygen atoms in total. The molecule has 2 aromatic rings. The van der Waals surface area contributed by atoms with Crippen molar-refractivity contribution in [3.8, 4) is 6.07 Å². The summed E-state index contributed by atoms with van der Waals surface area (Å²) in [6, 6.07) is 14.7. The van der Waals surface area contributed by atoms with Gasteiger partial charge < -0.3 is 4.90 Å². The van der Waals surface area contributed by atoms with Crippen LogP contribution in [0.2, 0.25) is 5.02 Å². The Balaban J connectivity index is 1.64. The van der Waals surface area contributed by atoms with E-state index in [4.69, 9.17) is 11.6 Å². The van der Waals surface area contributed by atoms with Crippen LogP contribution in [0.5, 0.6) is 0 Å². The van der Waals surface area contributed by atoms with Crippen LogP contribution < -0.4 is 0 Å². The van der Waals surface area contributed by atoms with E-state index in [2.05, 4.69) is 6.07 Å². The number of carbonyl (C=O) groups excluding carboxylic acids is 1. The Labute approximate surface area is 151 Å². The van der Waals surface area contributed by atoms with Crippen molar-refractivity contribution in [2.75, 3.05) is 26.2 Å². The molecule has 0 N–H and O–H groups in total. The van der Waals surface area contributed by atoms with E-state index in [1.807, 2.05) is 4.90 Å². The topological polar surface area (TPSA) is 47.3 Å². The van der Waals surface area contributed by atoms with Gasteiger partial charge in [-0.15, -0.1) is 0 Å². The first-order valence-corrected chi connectivity index (χ1v) is 8.40. The third-order valence-corrected chi connectivity index (χ3v) is 4.62. The maximum atomic E-state index is 13.1. The molecule has 128 valence electrons. The maximum Gasteiger partial charge on any atom is 0.253 e. The second kappa shape index (κ2) is 7.64. The Morgan fingerprint density at radius 2 is 1.64 bits per heavy atom. The number of benzene rings is 2. The van der Waals surface area contributed by atoms with Gasteiger partial charge in [-0.25, -0.2) is 4.39 Å². The van der Waals surface area contributed by atoms with E-state index in [0.717, 1.165) is 5.56 Å². The SMILES string of the molecule is N#C[C@@H](c1ccc(F)cc1)N1CCN(C(=O)c2ccc(Cl)cc2)CC1. The second-order valence-corrected chi connectivity index (χ2v) is 6.35. The smallest absolute Gasteiger partial charge is 0.253 e. The first kappa shape index (κ1) is 17.4. The first-order chi connectivity index (χ1) is 12.1. The van der Waals surface area contributed by atoms with Gasteiger partial charge in [0.25, 0.3) is 5.91 Å². The molecular formula is C19H17ClFN3O. The van der Waals surface area contributed by atoms with E-state index in [1.165, 1.54) is 12.1 Å². The zero-order valence-corrected chi connectivity index (χ0v) is 14.3. The van der Waals surface area contributed by atoms with Crippen molar-refractivity contribution in [1.82, 2.24) is 9.80 Å². The second-order valence-electron chi connectivity index (χ2n) is 5.92. The summed E-state index contributed by atoms with van der Waals surface area (Å²) in [4.78, 5) is 16.3. The number of halogens is 2. The third-order valence-electron chi connectivity index (χ3n) is 4.37. The minimum Gasteiger partial charge on any atom is -0.336 e. The number of carbonyl (C=O) groups is 1. The van der Waals surface area contributed by atoms with E-state index in [-0.39, 0.29) is 11.7 Å². The highest BCUT2D eigenvalue weighted by Crippen LogP contribution is 2.22. The molecule has 0 spiro atoms. The van der Waals surface area contributed by atoms with Crippen LogP contribution in [0.15, 0.2) is 48.5 Å². The fraction of sp³-hybridized carbons (Fsp3) is 0.263. The standard InChI is InChI=1S/C19H17ClFN3O/c20-16-5-1-15(2-6-16)19(25)24-11-9-23(10-12-24)18(13-22)14-3-7-17(21)8-4-14/h1-8,18H,9-12H2/t18-/m0/s1. The molecule has 3 rings (SSSR count). The fourth-order valence-electron chi connectivity index (χ4n) is 2.97. The van der Waals surface area contributed by atoms with Gasteiger partial charge in [0.15, 0.2) is 0 Å². The zero-order chi connectivity index (χ0) is 17.8. The van der Waals surface area contributed by atoms with Crippen LogP contribution in [0.25, 0.3) is 0 Å². The van der Waals surface area contributed by atoms with Crippen molar-refractivity contribution in [2.24, 2.45) is 0 Å². The van der Waals surface area contributed by atoms with Crippen molar-refractivity contribution >= 4 is 17.5 Å². The van der Waals surface area contributed by atoms with Crippen LogP contribution in [0.1, 0.15) is 22.0 Å². The Morgan fingerprint density at radius 1 is 1.04 bits per heavy atom. The van der Waals surface area contributed by atoms with Crippen LogP contribution in [0, 0.1) is 17.1 Å². The summed E-state index contributed by atoms with van der Waals surface area (Å²) in [5.41, 5.74) is 1.37. The highest BCUT2D eigenvalue weighted by molar-refractivity contribution is 6.30. The molecule has 0 aromatic heterocycles. The highest BCUT2D eigenvalue weighted by atomic mass is 35.5. The Hall–Kier alpha value is -2.42. The molecule has 2 aromatic carbocycles. The predicted molar refractivity (Wildman–Crippen MR) is 93.7 cm³/mol. The third kappa shape index (κ3) is 3.98. The van der Waals surface area contributed by atoms with Crippen molar-refractivity contribution in [3.05, 3.63) is 70.5 Å². The Morgan fingerprint density at radius 3 is 2.20 bits per heavy atom. The van der Waals surface area contributed by atoms with Crippen molar-refractivity contribution in [2.45, 2.75) is 6.04 Å². The Bertz CT molecular complexity index is 778. The predicted octanol–water partition coefficient (Wildman–Crippen LogP) is 3.50. The molecule has 1 atom stereocenters. The number of nitriles is 1. The number of rotatable bonds is 3. The van der Waals surface area contributed by atoms with Gasteiger partial charge in [-0.1, -0.05) is 23.7 Å². The zero-order valence-electron chi connectivity index (χ0n) is 13.5. The summed E-state index contributed by atoms with van der Waals surface area (Å²) in [7, 11) is 0. The summed E-state index contributed by atoms with van der Waals surface area (Å²) in [6.45, 7) is 2.27. The average molecular weight is 358 g/mol. The van der Waals surface area contributed by atoms with Gasteiger partial charge in [0.05, 0.1) is 6.07 Å². The van der Waals surface area contributed by atoms with Gasteiger partial charge in [0, 0.05) is 36.8 Å². The van der Waals surface area contributed by atoms with Gasteiger partial charge in [0.1, 0.15) is 11.9 Å². The van der Waals surface area contributed by atoms with Crippen molar-refractivity contribution in [1.29, 1.82) is 5.26 Å². The number of nitrogens with zero attached hydrogens (tertiary/aromatic N) is 3. The number of hydrogen-bond acceptors (Lipinski definition) is 3. The molecule has 0 unspecified atom stereocenters. The van der Waals surface area contributed by atoms with E-state index < -0.39 is 6.04 Å². The number of amides is 1. The van der Waals surface area contributed by atoms with Gasteiger partial charge in [-0.3, -0.25) is 9.69 Å². The molecule has 1 saturated heterocycles. The van der Waals surface area contributed by atoms with Crippen molar-refractivity contribution in [3.63, 3.8) is 0 Å². The average Bonchev–Trinajstić information content (AvgIpc) is 2.64. The molecule has 1 heterocycles. The van der Waals surface area contributed by atoms with Crippen LogP contribution in [0.4, 0.5) is 4.39 Å². The lowest BCUT2D eigenvalue weighted by atomic mass is 10.1. The minimum absolute atomic E-state index is 0.0355. The summed E-state index contributed by atoms with van der Waals surface area (Å²) < 4.78 is 13.1. The summed E-state index contributed by atoms with van der Waals surface area (Å²) in [6.07, 6.45) is 0. The lowest BCUT2D eigenvalue weighted by molar-refractivity contribution is 0.0606. The molecule has 1 amide bonds. The molecule has 0 bridgehead atoms.